The normalized spacial score (nSPS) is 50.7. The lowest BCUT2D eigenvalue weighted by molar-refractivity contribution is -0.171. The van der Waals surface area contributed by atoms with Crippen LogP contribution in [0.2, 0.25) is 0 Å². The number of aliphatic carboxylic acids is 1. The van der Waals surface area contributed by atoms with E-state index in [0.717, 1.165) is 35.7 Å². The number of hydrogen-bond acceptors (Lipinski definition) is 3. The molecule has 1 N–H and O–H groups in total. The van der Waals surface area contributed by atoms with Gasteiger partial charge in [-0.1, -0.05) is 53.2 Å². The molecule has 35 heavy (non-hydrogen) atoms. The van der Waals surface area contributed by atoms with Gasteiger partial charge < -0.3 is 5.11 Å². The molecule has 3 saturated carbocycles. The minimum absolute atomic E-state index is 0.0550. The highest BCUT2D eigenvalue weighted by Crippen LogP contribution is 2.74. The Labute approximate surface area is 223 Å². The SMILES string of the molecule is CC1(C(=O)O)CC[C@]2(C)CC[C@]3(C)C(=CC(=O)[C@@H]4[C@@]5(C)C=C(I)C(=O)C(C)(C)C5CC[C@]43C)[C@@H]2C1. The molecule has 0 bridgehead atoms. The molecule has 0 amide bonds. The van der Waals surface area contributed by atoms with E-state index in [4.69, 9.17) is 0 Å². The van der Waals surface area contributed by atoms with Crippen molar-refractivity contribution in [3.63, 3.8) is 0 Å². The highest BCUT2D eigenvalue weighted by Gasteiger charge is 2.70. The van der Waals surface area contributed by atoms with E-state index in [1.807, 2.05) is 13.0 Å². The van der Waals surface area contributed by atoms with Crippen LogP contribution in [0.4, 0.5) is 0 Å². The molecule has 0 aliphatic heterocycles. The summed E-state index contributed by atoms with van der Waals surface area (Å²) in [5, 5.41) is 10.1. The molecule has 5 heteroatoms. The number of carbonyl (C=O) groups is 3. The average molecular weight is 593 g/mol. The van der Waals surface area contributed by atoms with Gasteiger partial charge in [0.1, 0.15) is 0 Å². The van der Waals surface area contributed by atoms with E-state index in [-0.39, 0.29) is 51.0 Å². The average Bonchev–Trinajstić information content (AvgIpc) is 2.74. The van der Waals surface area contributed by atoms with Crippen LogP contribution in [0.15, 0.2) is 21.3 Å². The Hall–Kier alpha value is -0.980. The summed E-state index contributed by atoms with van der Waals surface area (Å²) in [5.41, 5.74) is -0.669. The zero-order valence-electron chi connectivity index (χ0n) is 22.4. The molecular formula is C30H41IO4. The van der Waals surface area contributed by atoms with Gasteiger partial charge in [0.05, 0.1) is 8.99 Å². The summed E-state index contributed by atoms with van der Waals surface area (Å²) in [7, 11) is 0. The van der Waals surface area contributed by atoms with Crippen LogP contribution >= 0.6 is 22.6 Å². The maximum Gasteiger partial charge on any atom is 0.309 e. The van der Waals surface area contributed by atoms with Crippen LogP contribution in [0.3, 0.4) is 0 Å². The number of hydrogen-bond donors (Lipinski definition) is 1. The molecule has 0 spiro atoms. The van der Waals surface area contributed by atoms with Crippen LogP contribution in [-0.4, -0.2) is 22.6 Å². The Kier molecular flexibility index (Phi) is 5.36. The molecule has 2 unspecified atom stereocenters. The van der Waals surface area contributed by atoms with E-state index in [9.17, 15) is 19.5 Å². The number of ketones is 2. The number of carboxylic acids is 1. The minimum Gasteiger partial charge on any atom is -0.481 e. The van der Waals surface area contributed by atoms with Gasteiger partial charge in [0.15, 0.2) is 11.6 Å². The number of carbonyl (C=O) groups excluding carboxylic acids is 2. The van der Waals surface area contributed by atoms with Crippen LogP contribution in [0.5, 0.6) is 0 Å². The number of carboxylic acid groups (broad SMARTS) is 1. The van der Waals surface area contributed by atoms with Gasteiger partial charge in [-0.15, -0.1) is 0 Å². The fourth-order valence-electron chi connectivity index (χ4n) is 9.82. The van der Waals surface area contributed by atoms with Crippen molar-refractivity contribution in [2.45, 2.75) is 93.4 Å². The monoisotopic (exact) mass is 592 g/mol. The van der Waals surface area contributed by atoms with Crippen molar-refractivity contribution >= 4 is 40.1 Å². The van der Waals surface area contributed by atoms with Crippen molar-refractivity contribution in [1.82, 2.24) is 0 Å². The van der Waals surface area contributed by atoms with Crippen molar-refractivity contribution in [2.24, 2.45) is 50.2 Å². The summed E-state index contributed by atoms with van der Waals surface area (Å²) in [5.74, 6) is -0.203. The van der Waals surface area contributed by atoms with Crippen LogP contribution in [-0.2, 0) is 14.4 Å². The molecular weight excluding hydrogens is 551 g/mol. The van der Waals surface area contributed by atoms with Crippen molar-refractivity contribution in [2.75, 3.05) is 0 Å². The summed E-state index contributed by atoms with van der Waals surface area (Å²) in [6, 6.07) is 0. The lowest BCUT2D eigenvalue weighted by Gasteiger charge is -2.69. The van der Waals surface area contributed by atoms with Gasteiger partial charge in [0, 0.05) is 16.7 Å². The van der Waals surface area contributed by atoms with E-state index in [1.165, 1.54) is 5.57 Å². The first-order chi connectivity index (χ1) is 16.0. The first kappa shape index (κ1) is 25.7. The third kappa shape index (κ3) is 3.05. The van der Waals surface area contributed by atoms with E-state index in [0.29, 0.717) is 12.8 Å². The highest BCUT2D eigenvalue weighted by molar-refractivity contribution is 14.1. The Morgan fingerprint density at radius 1 is 0.971 bits per heavy atom. The molecule has 4 nitrogen and oxygen atoms in total. The first-order valence-electron chi connectivity index (χ1n) is 13.4. The summed E-state index contributed by atoms with van der Waals surface area (Å²) >= 11 is 2.19. The molecule has 0 aromatic carbocycles. The predicted octanol–water partition coefficient (Wildman–Crippen LogP) is 7.16. The van der Waals surface area contributed by atoms with Gasteiger partial charge in [-0.05, 0) is 109 Å². The number of allylic oxidation sites excluding steroid dienone is 4. The third-order valence-corrected chi connectivity index (χ3v) is 13.2. The second kappa shape index (κ2) is 7.32. The van der Waals surface area contributed by atoms with Crippen LogP contribution < -0.4 is 0 Å². The van der Waals surface area contributed by atoms with Crippen molar-refractivity contribution in [1.29, 1.82) is 0 Å². The molecule has 5 rings (SSSR count). The standard InChI is InChI=1S/C30H41IO4/c1-25(2)21-8-9-30(7)22(28(21,5)16-19(31)23(25)33)20(32)14-17-18-15-27(4,24(34)35)11-10-26(18,3)12-13-29(17,30)6/h14,16,18,21-22H,8-13,15H2,1-7H3,(H,34,35)/t18-,21?,22+,26+,27?,28-,29+,30+/m0/s1. The Morgan fingerprint density at radius 3 is 2.23 bits per heavy atom. The molecule has 3 fully saturated rings. The molecule has 0 radical (unpaired) electrons. The van der Waals surface area contributed by atoms with Gasteiger partial charge in [-0.2, -0.15) is 0 Å². The van der Waals surface area contributed by atoms with E-state index in [2.05, 4.69) is 70.2 Å². The van der Waals surface area contributed by atoms with Crippen LogP contribution in [0.1, 0.15) is 93.4 Å². The highest BCUT2D eigenvalue weighted by atomic mass is 127. The fraction of sp³-hybridized carbons (Fsp3) is 0.767. The summed E-state index contributed by atoms with van der Waals surface area (Å²) in [6.45, 7) is 15.3. The van der Waals surface area contributed by atoms with E-state index in [1.54, 1.807) is 0 Å². The molecule has 0 aromatic rings. The van der Waals surface area contributed by atoms with Crippen LogP contribution in [0.25, 0.3) is 0 Å². The predicted molar refractivity (Wildman–Crippen MR) is 145 cm³/mol. The van der Waals surface area contributed by atoms with Crippen LogP contribution in [0, 0.1) is 50.2 Å². The molecule has 8 atom stereocenters. The van der Waals surface area contributed by atoms with Gasteiger partial charge >= 0.3 is 5.97 Å². The zero-order chi connectivity index (χ0) is 26.0. The number of Topliss-reactive ketones (excluding diaryl/α,β-unsaturated/α-hetero) is 1. The van der Waals surface area contributed by atoms with Crippen molar-refractivity contribution < 1.29 is 19.5 Å². The lowest BCUT2D eigenvalue weighted by atomic mass is 9.34. The molecule has 192 valence electrons. The summed E-state index contributed by atoms with van der Waals surface area (Å²) in [6.07, 6.45) is 10.3. The van der Waals surface area contributed by atoms with Gasteiger partial charge in [-0.3, -0.25) is 14.4 Å². The van der Waals surface area contributed by atoms with Crippen molar-refractivity contribution in [3.8, 4) is 0 Å². The third-order valence-electron chi connectivity index (χ3n) is 12.4. The van der Waals surface area contributed by atoms with Gasteiger partial charge in [0.25, 0.3) is 0 Å². The fourth-order valence-corrected chi connectivity index (χ4v) is 11.2. The zero-order valence-corrected chi connectivity index (χ0v) is 24.5. The largest absolute Gasteiger partial charge is 0.481 e. The Morgan fingerprint density at radius 2 is 1.60 bits per heavy atom. The van der Waals surface area contributed by atoms with E-state index >= 15 is 0 Å². The van der Waals surface area contributed by atoms with Crippen molar-refractivity contribution in [3.05, 3.63) is 21.3 Å². The summed E-state index contributed by atoms with van der Waals surface area (Å²) < 4.78 is 0.768. The van der Waals surface area contributed by atoms with Gasteiger partial charge in [-0.25, -0.2) is 0 Å². The quantitative estimate of drug-likeness (QED) is 0.328. The minimum atomic E-state index is -0.736. The molecule has 0 aromatic heterocycles. The molecule has 0 heterocycles. The smallest absolute Gasteiger partial charge is 0.309 e. The second-order valence-corrected chi connectivity index (χ2v) is 15.6. The number of fused-ring (bicyclic) bond motifs is 7. The Bertz CT molecular complexity index is 1100. The second-order valence-electron chi connectivity index (χ2n) is 14.5. The molecule has 5 aliphatic rings. The maximum atomic E-state index is 14.3. The Balaban J connectivity index is 1.67. The summed E-state index contributed by atoms with van der Waals surface area (Å²) in [4.78, 5) is 39.6. The maximum absolute atomic E-state index is 14.3. The lowest BCUT2D eigenvalue weighted by Crippen LogP contribution is -2.65. The topological polar surface area (TPSA) is 71.4 Å². The van der Waals surface area contributed by atoms with E-state index < -0.39 is 16.8 Å². The molecule has 5 aliphatic carbocycles. The molecule has 0 saturated heterocycles. The number of rotatable bonds is 1. The number of halogens is 1. The first-order valence-corrected chi connectivity index (χ1v) is 14.5. The van der Waals surface area contributed by atoms with Gasteiger partial charge in [0.2, 0.25) is 0 Å².